The standard InChI is InChI=1S/C10H17N3O/c1-2-14-9-7-5-3-4-6-8-10(9)12-13-11-8/h9H,2-7H2,1H3,(H,11,12,13). The molecule has 0 radical (unpaired) electrons. The summed E-state index contributed by atoms with van der Waals surface area (Å²) >= 11 is 0. The average Bonchev–Trinajstić information content (AvgIpc) is 2.59. The normalized spacial score (nSPS) is 22.5. The molecule has 1 aromatic heterocycles. The third kappa shape index (κ3) is 1.95. The van der Waals surface area contributed by atoms with Crippen molar-refractivity contribution in [2.45, 2.75) is 45.1 Å². The summed E-state index contributed by atoms with van der Waals surface area (Å²) in [6.45, 7) is 2.77. The summed E-state index contributed by atoms with van der Waals surface area (Å²) in [5.74, 6) is 0. The average molecular weight is 195 g/mol. The third-order valence-corrected chi connectivity index (χ3v) is 2.72. The van der Waals surface area contributed by atoms with Crippen molar-refractivity contribution >= 4 is 0 Å². The maximum absolute atomic E-state index is 5.68. The van der Waals surface area contributed by atoms with Gasteiger partial charge in [-0.2, -0.15) is 0 Å². The minimum absolute atomic E-state index is 0.161. The van der Waals surface area contributed by atoms with E-state index in [1.54, 1.807) is 0 Å². The van der Waals surface area contributed by atoms with E-state index in [0.29, 0.717) is 0 Å². The lowest BCUT2D eigenvalue weighted by Gasteiger charge is -2.18. The maximum Gasteiger partial charge on any atom is 0.114 e. The first-order chi connectivity index (χ1) is 6.92. The summed E-state index contributed by atoms with van der Waals surface area (Å²) < 4.78 is 5.68. The Kier molecular flexibility index (Phi) is 3.14. The van der Waals surface area contributed by atoms with Gasteiger partial charge in [-0.3, -0.25) is 5.10 Å². The second-order valence-electron chi connectivity index (χ2n) is 3.72. The minimum Gasteiger partial charge on any atom is -0.372 e. The molecule has 4 nitrogen and oxygen atoms in total. The van der Waals surface area contributed by atoms with Gasteiger partial charge in [0.1, 0.15) is 11.8 Å². The molecule has 4 heteroatoms. The van der Waals surface area contributed by atoms with Gasteiger partial charge in [0, 0.05) is 6.61 Å². The Hall–Kier alpha value is -0.900. The number of H-pyrrole nitrogens is 1. The van der Waals surface area contributed by atoms with Gasteiger partial charge in [-0.05, 0) is 26.2 Å². The second kappa shape index (κ2) is 4.55. The van der Waals surface area contributed by atoms with Gasteiger partial charge in [-0.25, -0.2) is 0 Å². The molecule has 0 aromatic carbocycles. The zero-order valence-electron chi connectivity index (χ0n) is 8.62. The van der Waals surface area contributed by atoms with E-state index in [4.69, 9.17) is 4.74 Å². The van der Waals surface area contributed by atoms with Gasteiger partial charge < -0.3 is 4.74 Å². The Morgan fingerprint density at radius 3 is 3.21 bits per heavy atom. The topological polar surface area (TPSA) is 50.8 Å². The fourth-order valence-electron chi connectivity index (χ4n) is 2.01. The molecule has 1 N–H and O–H groups in total. The van der Waals surface area contributed by atoms with Crippen molar-refractivity contribution < 1.29 is 4.74 Å². The molecular formula is C10H17N3O. The molecule has 1 unspecified atom stereocenters. The number of hydrogen-bond acceptors (Lipinski definition) is 3. The summed E-state index contributed by atoms with van der Waals surface area (Å²) in [7, 11) is 0. The van der Waals surface area contributed by atoms with Gasteiger partial charge in [0.2, 0.25) is 0 Å². The van der Waals surface area contributed by atoms with Crippen molar-refractivity contribution in [1.82, 2.24) is 15.4 Å². The quantitative estimate of drug-likeness (QED) is 0.785. The van der Waals surface area contributed by atoms with Crippen molar-refractivity contribution in [3.05, 3.63) is 11.4 Å². The number of ether oxygens (including phenoxy) is 1. The smallest absolute Gasteiger partial charge is 0.114 e. The number of nitrogens with one attached hydrogen (secondary N) is 1. The molecule has 0 saturated heterocycles. The van der Waals surface area contributed by atoms with Gasteiger partial charge in [0.05, 0.1) is 5.69 Å². The molecule has 14 heavy (non-hydrogen) atoms. The molecule has 1 aromatic rings. The van der Waals surface area contributed by atoms with E-state index in [1.807, 2.05) is 6.92 Å². The molecule has 0 aliphatic heterocycles. The summed E-state index contributed by atoms with van der Waals surface area (Å²) in [6, 6.07) is 0. The van der Waals surface area contributed by atoms with Crippen LogP contribution in [0.5, 0.6) is 0 Å². The first kappa shape index (κ1) is 9.65. The zero-order chi connectivity index (χ0) is 9.80. The summed E-state index contributed by atoms with van der Waals surface area (Å²) in [4.78, 5) is 0. The van der Waals surface area contributed by atoms with Crippen molar-refractivity contribution in [3.63, 3.8) is 0 Å². The summed E-state index contributed by atoms with van der Waals surface area (Å²) in [5.41, 5.74) is 2.20. The van der Waals surface area contributed by atoms with E-state index in [1.165, 1.54) is 25.0 Å². The van der Waals surface area contributed by atoms with Crippen molar-refractivity contribution in [2.24, 2.45) is 0 Å². The number of aryl methyl sites for hydroxylation is 1. The number of aromatic amines is 1. The molecular weight excluding hydrogens is 178 g/mol. The minimum atomic E-state index is 0.161. The van der Waals surface area contributed by atoms with Crippen LogP contribution in [0.3, 0.4) is 0 Å². The molecule has 1 aliphatic rings. The Morgan fingerprint density at radius 1 is 1.43 bits per heavy atom. The molecule has 0 bridgehead atoms. The molecule has 0 spiro atoms. The predicted molar refractivity (Wildman–Crippen MR) is 52.9 cm³/mol. The van der Waals surface area contributed by atoms with Gasteiger partial charge in [0.25, 0.3) is 0 Å². The zero-order valence-corrected chi connectivity index (χ0v) is 8.62. The van der Waals surface area contributed by atoms with E-state index in [2.05, 4.69) is 15.4 Å². The highest BCUT2D eigenvalue weighted by Crippen LogP contribution is 2.27. The maximum atomic E-state index is 5.68. The van der Waals surface area contributed by atoms with Crippen LogP contribution in [0.4, 0.5) is 0 Å². The second-order valence-corrected chi connectivity index (χ2v) is 3.72. The van der Waals surface area contributed by atoms with Gasteiger partial charge in [-0.15, -0.1) is 5.10 Å². The molecule has 1 heterocycles. The van der Waals surface area contributed by atoms with E-state index in [-0.39, 0.29) is 6.10 Å². The number of aromatic nitrogens is 3. The Balaban J connectivity index is 2.18. The fourth-order valence-corrected chi connectivity index (χ4v) is 2.01. The molecule has 1 aliphatic carbocycles. The first-order valence-electron chi connectivity index (χ1n) is 5.43. The van der Waals surface area contributed by atoms with Crippen LogP contribution in [0.15, 0.2) is 0 Å². The lowest BCUT2D eigenvalue weighted by molar-refractivity contribution is 0.0494. The molecule has 0 amide bonds. The van der Waals surface area contributed by atoms with E-state index < -0.39 is 0 Å². The highest BCUT2D eigenvalue weighted by molar-refractivity contribution is 5.12. The van der Waals surface area contributed by atoms with Crippen LogP contribution in [0.1, 0.15) is 50.1 Å². The number of rotatable bonds is 2. The Bertz CT molecular complexity index is 285. The first-order valence-corrected chi connectivity index (χ1v) is 5.43. The van der Waals surface area contributed by atoms with Crippen LogP contribution in [0, 0.1) is 0 Å². The lowest BCUT2D eigenvalue weighted by atomic mass is 9.99. The molecule has 0 fully saturated rings. The van der Waals surface area contributed by atoms with Crippen LogP contribution >= 0.6 is 0 Å². The number of fused-ring (bicyclic) bond motifs is 1. The highest BCUT2D eigenvalue weighted by atomic mass is 16.5. The van der Waals surface area contributed by atoms with Crippen molar-refractivity contribution in [2.75, 3.05) is 6.61 Å². The SMILES string of the molecule is CCOC1CCCCCc2[nH]nnc21. The molecule has 78 valence electrons. The van der Waals surface area contributed by atoms with Crippen molar-refractivity contribution in [1.29, 1.82) is 0 Å². The van der Waals surface area contributed by atoms with Crippen LogP contribution in [0.2, 0.25) is 0 Å². The number of nitrogens with zero attached hydrogens (tertiary/aromatic N) is 2. The van der Waals surface area contributed by atoms with E-state index >= 15 is 0 Å². The fraction of sp³-hybridized carbons (Fsp3) is 0.800. The number of hydrogen-bond donors (Lipinski definition) is 1. The van der Waals surface area contributed by atoms with Gasteiger partial charge >= 0.3 is 0 Å². The third-order valence-electron chi connectivity index (χ3n) is 2.72. The van der Waals surface area contributed by atoms with Crippen LogP contribution in [-0.4, -0.2) is 22.0 Å². The Morgan fingerprint density at radius 2 is 2.36 bits per heavy atom. The lowest BCUT2D eigenvalue weighted by Crippen LogP contribution is -2.10. The summed E-state index contributed by atoms with van der Waals surface area (Å²) in [5, 5.41) is 11.0. The van der Waals surface area contributed by atoms with Crippen molar-refractivity contribution in [3.8, 4) is 0 Å². The van der Waals surface area contributed by atoms with Crippen LogP contribution < -0.4 is 0 Å². The van der Waals surface area contributed by atoms with E-state index in [0.717, 1.165) is 25.1 Å². The Labute approximate surface area is 84.0 Å². The molecule has 2 rings (SSSR count). The van der Waals surface area contributed by atoms with E-state index in [9.17, 15) is 0 Å². The predicted octanol–water partition coefficient (Wildman–Crippen LogP) is 2.00. The molecule has 1 atom stereocenters. The highest BCUT2D eigenvalue weighted by Gasteiger charge is 2.20. The molecule has 0 saturated carbocycles. The van der Waals surface area contributed by atoms with Gasteiger partial charge in [0.15, 0.2) is 0 Å². The monoisotopic (exact) mass is 195 g/mol. The summed E-state index contributed by atoms with van der Waals surface area (Å²) in [6.07, 6.45) is 6.04. The largest absolute Gasteiger partial charge is 0.372 e. The van der Waals surface area contributed by atoms with Crippen LogP contribution in [0.25, 0.3) is 0 Å². The van der Waals surface area contributed by atoms with Crippen LogP contribution in [-0.2, 0) is 11.2 Å². The van der Waals surface area contributed by atoms with Gasteiger partial charge in [-0.1, -0.05) is 18.1 Å².